The van der Waals surface area contributed by atoms with Crippen LogP contribution in [-0.2, 0) is 16.9 Å². The lowest BCUT2D eigenvalue weighted by Crippen LogP contribution is -2.46. The van der Waals surface area contributed by atoms with Crippen molar-refractivity contribution in [3.8, 4) is 0 Å². The van der Waals surface area contributed by atoms with Crippen molar-refractivity contribution in [1.29, 1.82) is 0 Å². The van der Waals surface area contributed by atoms with Crippen molar-refractivity contribution in [2.24, 2.45) is 0 Å². The Hall–Kier alpha value is -3.03. The topological polar surface area (TPSA) is 94.2 Å². The number of halogens is 1. The molecule has 1 amide bonds. The standard InChI is InChI=1S/C18H18FN3O4/c19-14-5-3-13(4-6-14)18(9-1-2-10-18)20-16(23)12-21-11-15(22(25)26)7-8-17(21)24/h3-8,11H,1-2,9-10,12H2,(H,20,23). The molecule has 1 fully saturated rings. The molecule has 0 bridgehead atoms. The number of nitrogens with one attached hydrogen (secondary N) is 1. The van der Waals surface area contributed by atoms with E-state index in [0.29, 0.717) is 12.8 Å². The summed E-state index contributed by atoms with van der Waals surface area (Å²) in [5.74, 6) is -0.768. The minimum atomic E-state index is -0.620. The van der Waals surface area contributed by atoms with E-state index in [1.807, 2.05) is 0 Å². The Morgan fingerprint density at radius 1 is 1.19 bits per heavy atom. The van der Waals surface area contributed by atoms with E-state index in [9.17, 15) is 24.1 Å². The fraction of sp³-hybridized carbons (Fsp3) is 0.333. The van der Waals surface area contributed by atoms with Gasteiger partial charge in [0, 0.05) is 12.1 Å². The summed E-state index contributed by atoms with van der Waals surface area (Å²) < 4.78 is 14.2. The van der Waals surface area contributed by atoms with E-state index in [4.69, 9.17) is 0 Å². The highest BCUT2D eigenvalue weighted by Crippen LogP contribution is 2.38. The minimum absolute atomic E-state index is 0.258. The minimum Gasteiger partial charge on any atom is -0.345 e. The maximum absolute atomic E-state index is 13.2. The second-order valence-electron chi connectivity index (χ2n) is 6.45. The third-order valence-electron chi connectivity index (χ3n) is 4.73. The Kier molecular flexibility index (Phi) is 4.83. The average molecular weight is 359 g/mol. The van der Waals surface area contributed by atoms with Crippen LogP contribution in [0.5, 0.6) is 0 Å². The molecule has 2 aromatic rings. The van der Waals surface area contributed by atoms with Crippen molar-refractivity contribution in [3.05, 3.63) is 74.4 Å². The highest BCUT2D eigenvalue weighted by molar-refractivity contribution is 5.77. The van der Waals surface area contributed by atoms with E-state index in [2.05, 4.69) is 5.32 Å². The molecule has 0 aliphatic heterocycles. The van der Waals surface area contributed by atoms with Crippen LogP contribution >= 0.6 is 0 Å². The van der Waals surface area contributed by atoms with Crippen LogP contribution in [0.2, 0.25) is 0 Å². The Bertz CT molecular complexity index is 886. The van der Waals surface area contributed by atoms with Crippen molar-refractivity contribution in [2.75, 3.05) is 0 Å². The number of carbonyl (C=O) groups is 1. The Labute approximate surface area is 148 Å². The van der Waals surface area contributed by atoms with Gasteiger partial charge < -0.3 is 5.32 Å². The number of amides is 1. The van der Waals surface area contributed by atoms with Gasteiger partial charge in [0.15, 0.2) is 0 Å². The number of hydrogen-bond acceptors (Lipinski definition) is 4. The molecule has 0 saturated heterocycles. The highest BCUT2D eigenvalue weighted by Gasteiger charge is 2.37. The monoisotopic (exact) mass is 359 g/mol. The second kappa shape index (κ2) is 7.07. The summed E-state index contributed by atoms with van der Waals surface area (Å²) >= 11 is 0. The van der Waals surface area contributed by atoms with Crippen LogP contribution in [0.25, 0.3) is 0 Å². The largest absolute Gasteiger partial charge is 0.345 e. The molecule has 1 saturated carbocycles. The van der Waals surface area contributed by atoms with Gasteiger partial charge >= 0.3 is 0 Å². The first-order valence-electron chi connectivity index (χ1n) is 8.32. The number of nitro groups is 1. The number of rotatable bonds is 5. The molecule has 136 valence electrons. The van der Waals surface area contributed by atoms with Crippen LogP contribution in [0.4, 0.5) is 10.1 Å². The van der Waals surface area contributed by atoms with Gasteiger partial charge in [-0.15, -0.1) is 0 Å². The number of benzene rings is 1. The Balaban J connectivity index is 1.81. The molecule has 0 spiro atoms. The van der Waals surface area contributed by atoms with Gasteiger partial charge in [-0.25, -0.2) is 4.39 Å². The third kappa shape index (κ3) is 3.63. The van der Waals surface area contributed by atoms with E-state index in [1.54, 1.807) is 12.1 Å². The summed E-state index contributed by atoms with van der Waals surface area (Å²) in [4.78, 5) is 34.6. The fourth-order valence-corrected chi connectivity index (χ4v) is 3.44. The summed E-state index contributed by atoms with van der Waals surface area (Å²) in [5, 5.41) is 13.8. The van der Waals surface area contributed by atoms with Crippen LogP contribution in [0.15, 0.2) is 47.4 Å². The smallest absolute Gasteiger partial charge is 0.285 e. The second-order valence-corrected chi connectivity index (χ2v) is 6.45. The van der Waals surface area contributed by atoms with Crippen LogP contribution in [0.1, 0.15) is 31.2 Å². The van der Waals surface area contributed by atoms with E-state index in [1.165, 1.54) is 12.1 Å². The molecular formula is C18H18FN3O4. The zero-order valence-corrected chi connectivity index (χ0v) is 14.0. The van der Waals surface area contributed by atoms with Gasteiger partial charge in [0.25, 0.3) is 11.2 Å². The van der Waals surface area contributed by atoms with Gasteiger partial charge in [0.1, 0.15) is 12.4 Å². The number of nitrogens with zero attached hydrogens (tertiary/aromatic N) is 2. The van der Waals surface area contributed by atoms with E-state index in [0.717, 1.165) is 41.3 Å². The van der Waals surface area contributed by atoms with Gasteiger partial charge in [-0.3, -0.25) is 24.3 Å². The SMILES string of the molecule is O=C(Cn1cc([N+](=O)[O-])ccc1=O)NC1(c2ccc(F)cc2)CCCC1. The maximum atomic E-state index is 13.2. The molecule has 26 heavy (non-hydrogen) atoms. The predicted octanol–water partition coefficient (Wildman–Crippen LogP) is 2.48. The predicted molar refractivity (Wildman–Crippen MR) is 92.0 cm³/mol. The third-order valence-corrected chi connectivity index (χ3v) is 4.73. The maximum Gasteiger partial charge on any atom is 0.285 e. The van der Waals surface area contributed by atoms with E-state index in [-0.39, 0.29) is 18.0 Å². The Morgan fingerprint density at radius 3 is 2.46 bits per heavy atom. The van der Waals surface area contributed by atoms with Crippen molar-refractivity contribution in [1.82, 2.24) is 9.88 Å². The summed E-state index contributed by atoms with van der Waals surface area (Å²) in [6, 6.07) is 8.19. The van der Waals surface area contributed by atoms with Gasteiger partial charge in [-0.2, -0.15) is 0 Å². The first-order valence-corrected chi connectivity index (χ1v) is 8.32. The lowest BCUT2D eigenvalue weighted by molar-refractivity contribution is -0.385. The van der Waals surface area contributed by atoms with Gasteiger partial charge in [-0.05, 0) is 30.5 Å². The zero-order valence-electron chi connectivity index (χ0n) is 14.0. The number of pyridine rings is 1. The normalized spacial score (nSPS) is 15.6. The molecule has 1 aliphatic carbocycles. The fourth-order valence-electron chi connectivity index (χ4n) is 3.44. The van der Waals surface area contributed by atoms with Crippen LogP contribution in [0.3, 0.4) is 0 Å². The van der Waals surface area contributed by atoms with Crippen molar-refractivity contribution in [2.45, 2.75) is 37.8 Å². The lowest BCUT2D eigenvalue weighted by atomic mass is 9.88. The summed E-state index contributed by atoms with van der Waals surface area (Å²) in [6.45, 7) is -0.316. The molecule has 0 radical (unpaired) electrons. The summed E-state index contributed by atoms with van der Waals surface area (Å²) in [6.07, 6.45) is 4.34. The van der Waals surface area contributed by atoms with E-state index < -0.39 is 21.9 Å². The molecule has 1 aliphatic rings. The van der Waals surface area contributed by atoms with Crippen LogP contribution in [-0.4, -0.2) is 15.4 Å². The van der Waals surface area contributed by atoms with E-state index >= 15 is 0 Å². The quantitative estimate of drug-likeness (QED) is 0.655. The first-order chi connectivity index (χ1) is 12.4. The highest BCUT2D eigenvalue weighted by atomic mass is 19.1. The number of carbonyl (C=O) groups excluding carboxylic acids is 1. The molecule has 3 rings (SSSR count). The summed E-state index contributed by atoms with van der Waals surface area (Å²) in [5.41, 5.74) is -0.537. The molecule has 8 heteroatoms. The van der Waals surface area contributed by atoms with Gasteiger partial charge in [0.2, 0.25) is 5.91 Å². The molecule has 1 aromatic heterocycles. The van der Waals surface area contributed by atoms with Crippen LogP contribution in [0, 0.1) is 15.9 Å². The van der Waals surface area contributed by atoms with Gasteiger partial charge in [-0.1, -0.05) is 25.0 Å². The molecule has 1 N–H and O–H groups in total. The molecule has 7 nitrogen and oxygen atoms in total. The first kappa shape index (κ1) is 17.8. The molecule has 1 aromatic carbocycles. The molecule has 0 atom stereocenters. The Morgan fingerprint density at radius 2 is 1.85 bits per heavy atom. The lowest BCUT2D eigenvalue weighted by Gasteiger charge is -2.31. The zero-order chi connectivity index (χ0) is 18.7. The van der Waals surface area contributed by atoms with Crippen molar-refractivity contribution >= 4 is 11.6 Å². The number of aromatic nitrogens is 1. The number of hydrogen-bond donors (Lipinski definition) is 1. The molecular weight excluding hydrogens is 341 g/mol. The molecule has 0 unspecified atom stereocenters. The van der Waals surface area contributed by atoms with Crippen molar-refractivity contribution < 1.29 is 14.1 Å². The van der Waals surface area contributed by atoms with Gasteiger partial charge in [0.05, 0.1) is 16.7 Å². The summed E-state index contributed by atoms with van der Waals surface area (Å²) in [7, 11) is 0. The van der Waals surface area contributed by atoms with Crippen molar-refractivity contribution in [3.63, 3.8) is 0 Å². The average Bonchev–Trinajstić information content (AvgIpc) is 3.06. The van der Waals surface area contributed by atoms with Crippen LogP contribution < -0.4 is 10.9 Å². The molecule has 1 heterocycles.